The van der Waals surface area contributed by atoms with Crippen molar-refractivity contribution >= 4 is 28.6 Å². The smallest absolute Gasteiger partial charge is 0.319 e. The molecule has 5 rings (SSSR count). The molecule has 166 valence electrons. The molecule has 2 aromatic carbocycles. The Morgan fingerprint density at radius 2 is 1.81 bits per heavy atom. The second-order valence-corrected chi connectivity index (χ2v) is 8.01. The number of aryl methyl sites for hydroxylation is 1. The van der Waals surface area contributed by atoms with Crippen LogP contribution in [0.15, 0.2) is 47.3 Å². The number of anilines is 2. The van der Waals surface area contributed by atoms with E-state index in [-0.39, 0.29) is 17.6 Å². The lowest BCUT2D eigenvalue weighted by molar-refractivity contribution is 0.171. The molecule has 9 nitrogen and oxygen atoms in total. The van der Waals surface area contributed by atoms with Gasteiger partial charge in [-0.2, -0.15) is 0 Å². The molecule has 3 heterocycles. The molecular formula is C23H25N5O4. The molecule has 2 N–H and O–H groups in total. The second kappa shape index (κ2) is 8.41. The normalized spacial score (nSPS) is 16.1. The molecule has 0 radical (unpaired) electrons. The van der Waals surface area contributed by atoms with Crippen LogP contribution in [0.3, 0.4) is 0 Å². The average molecular weight is 435 g/mol. The van der Waals surface area contributed by atoms with Gasteiger partial charge in [-0.25, -0.2) is 9.78 Å². The van der Waals surface area contributed by atoms with Gasteiger partial charge in [0.05, 0.1) is 11.0 Å². The first-order valence-corrected chi connectivity index (χ1v) is 10.8. The van der Waals surface area contributed by atoms with Gasteiger partial charge in [-0.3, -0.25) is 4.79 Å². The maximum Gasteiger partial charge on any atom is 0.319 e. The Hall–Kier alpha value is -3.75. The third kappa shape index (κ3) is 3.93. The van der Waals surface area contributed by atoms with Crippen molar-refractivity contribution in [1.82, 2.24) is 14.9 Å². The van der Waals surface area contributed by atoms with Crippen LogP contribution in [-0.4, -0.2) is 47.9 Å². The quantitative estimate of drug-likeness (QED) is 0.656. The third-order valence-corrected chi connectivity index (χ3v) is 5.90. The number of aromatic nitrogens is 2. The predicted molar refractivity (Wildman–Crippen MR) is 122 cm³/mol. The van der Waals surface area contributed by atoms with Crippen molar-refractivity contribution in [2.45, 2.75) is 18.9 Å². The first kappa shape index (κ1) is 20.2. The van der Waals surface area contributed by atoms with Crippen LogP contribution in [-0.2, 0) is 7.05 Å². The van der Waals surface area contributed by atoms with E-state index in [4.69, 9.17) is 9.47 Å². The minimum Gasteiger partial charge on any atom is -0.486 e. The maximum atomic E-state index is 12.8. The number of nitrogens with zero attached hydrogens (tertiary/aromatic N) is 3. The van der Waals surface area contributed by atoms with E-state index in [2.05, 4.69) is 15.6 Å². The van der Waals surface area contributed by atoms with E-state index in [9.17, 15) is 9.59 Å². The highest BCUT2D eigenvalue weighted by molar-refractivity contribution is 5.90. The van der Waals surface area contributed by atoms with E-state index in [0.29, 0.717) is 49.3 Å². The molecule has 0 saturated carbocycles. The number of rotatable bonds is 3. The summed E-state index contributed by atoms with van der Waals surface area (Å²) < 4.78 is 12.7. The van der Waals surface area contributed by atoms with Gasteiger partial charge in [-0.15, -0.1) is 0 Å². The number of piperidine rings is 1. The highest BCUT2D eigenvalue weighted by atomic mass is 16.6. The fourth-order valence-corrected chi connectivity index (χ4v) is 4.18. The first-order valence-electron chi connectivity index (χ1n) is 10.8. The molecule has 1 aromatic heterocycles. The zero-order chi connectivity index (χ0) is 22.1. The summed E-state index contributed by atoms with van der Waals surface area (Å²) in [6.07, 6.45) is 1.46. The number of ether oxygens (including phenoxy) is 2. The minimum atomic E-state index is -0.264. The van der Waals surface area contributed by atoms with Crippen molar-refractivity contribution in [3.8, 4) is 11.5 Å². The summed E-state index contributed by atoms with van der Waals surface area (Å²) in [5.41, 5.74) is 2.15. The fourth-order valence-electron chi connectivity index (χ4n) is 4.18. The van der Waals surface area contributed by atoms with Crippen molar-refractivity contribution in [1.29, 1.82) is 0 Å². The molecule has 0 atom stereocenters. The number of nitrogens with one attached hydrogen (secondary N) is 2. The summed E-state index contributed by atoms with van der Waals surface area (Å²) in [6, 6.07) is 12.7. The average Bonchev–Trinajstić information content (AvgIpc) is 2.82. The number of fused-ring (bicyclic) bond motifs is 2. The van der Waals surface area contributed by atoms with E-state index < -0.39 is 0 Å². The molecule has 2 aliphatic rings. The van der Waals surface area contributed by atoms with Crippen LogP contribution in [0.2, 0.25) is 0 Å². The van der Waals surface area contributed by atoms with Crippen LogP contribution >= 0.6 is 0 Å². The number of amides is 2. The molecule has 0 aliphatic carbocycles. The van der Waals surface area contributed by atoms with Crippen LogP contribution in [0.1, 0.15) is 12.8 Å². The largest absolute Gasteiger partial charge is 0.486 e. The van der Waals surface area contributed by atoms with Gasteiger partial charge in [0.25, 0.3) is 5.56 Å². The number of hydrogen-bond acceptors (Lipinski definition) is 6. The van der Waals surface area contributed by atoms with Crippen molar-refractivity contribution in [2.24, 2.45) is 7.05 Å². The summed E-state index contributed by atoms with van der Waals surface area (Å²) in [5.74, 6) is 1.78. The zero-order valence-electron chi connectivity index (χ0n) is 17.8. The van der Waals surface area contributed by atoms with Gasteiger partial charge in [0.15, 0.2) is 17.3 Å². The Labute approximate surface area is 185 Å². The molecule has 0 unspecified atom stereocenters. The SMILES string of the molecule is Cn1c(=O)c(N2CCC(NC(=O)Nc3ccc4c(c3)OCCO4)CC2)nc2ccccc21. The maximum absolute atomic E-state index is 12.8. The monoisotopic (exact) mass is 435 g/mol. The molecule has 2 aliphatic heterocycles. The van der Waals surface area contributed by atoms with Gasteiger partial charge in [0.1, 0.15) is 13.2 Å². The van der Waals surface area contributed by atoms with Crippen molar-refractivity contribution < 1.29 is 14.3 Å². The van der Waals surface area contributed by atoms with Gasteiger partial charge in [0.2, 0.25) is 0 Å². The molecule has 0 bridgehead atoms. The molecule has 1 saturated heterocycles. The van der Waals surface area contributed by atoms with E-state index in [1.54, 1.807) is 29.8 Å². The Bertz CT molecular complexity index is 1220. The van der Waals surface area contributed by atoms with Gasteiger partial charge in [0, 0.05) is 37.9 Å². The Kier molecular flexibility index (Phi) is 5.30. The molecule has 0 spiro atoms. The van der Waals surface area contributed by atoms with Gasteiger partial charge in [-0.05, 0) is 37.1 Å². The standard InChI is InChI=1S/C23H25N5O4/c1-27-18-5-3-2-4-17(18)26-21(22(27)29)28-10-8-15(9-11-28)24-23(30)25-16-6-7-19-20(14-16)32-13-12-31-19/h2-7,14-15H,8-13H2,1H3,(H2,24,25,30). The van der Waals surface area contributed by atoms with E-state index >= 15 is 0 Å². The lowest BCUT2D eigenvalue weighted by Crippen LogP contribution is -2.47. The van der Waals surface area contributed by atoms with Crippen LogP contribution in [0.4, 0.5) is 16.3 Å². The van der Waals surface area contributed by atoms with Crippen molar-refractivity contribution in [2.75, 3.05) is 36.5 Å². The van der Waals surface area contributed by atoms with Crippen LogP contribution in [0.5, 0.6) is 11.5 Å². The topological polar surface area (TPSA) is 97.7 Å². The molecule has 2 amide bonds. The first-order chi connectivity index (χ1) is 15.6. The molecule has 3 aromatic rings. The molecule has 1 fully saturated rings. The molecule has 9 heteroatoms. The van der Waals surface area contributed by atoms with Crippen molar-refractivity contribution in [3.05, 3.63) is 52.8 Å². The summed E-state index contributed by atoms with van der Waals surface area (Å²) in [6.45, 7) is 2.32. The lowest BCUT2D eigenvalue weighted by Gasteiger charge is -2.33. The molecular weight excluding hydrogens is 410 g/mol. The van der Waals surface area contributed by atoms with Gasteiger partial charge < -0.3 is 29.6 Å². The summed E-state index contributed by atoms with van der Waals surface area (Å²) >= 11 is 0. The van der Waals surface area contributed by atoms with Crippen LogP contribution in [0.25, 0.3) is 11.0 Å². The number of urea groups is 1. The van der Waals surface area contributed by atoms with E-state index in [0.717, 1.165) is 23.9 Å². The number of carbonyl (C=O) groups is 1. The number of benzene rings is 2. The summed E-state index contributed by atoms with van der Waals surface area (Å²) in [7, 11) is 1.77. The highest BCUT2D eigenvalue weighted by Crippen LogP contribution is 2.32. The van der Waals surface area contributed by atoms with Gasteiger partial charge >= 0.3 is 6.03 Å². The van der Waals surface area contributed by atoms with Gasteiger partial charge in [-0.1, -0.05) is 12.1 Å². The predicted octanol–water partition coefficient (Wildman–Crippen LogP) is 2.50. The molecule has 32 heavy (non-hydrogen) atoms. The van der Waals surface area contributed by atoms with Crippen molar-refractivity contribution in [3.63, 3.8) is 0 Å². The minimum absolute atomic E-state index is 0.0211. The lowest BCUT2D eigenvalue weighted by atomic mass is 10.1. The highest BCUT2D eigenvalue weighted by Gasteiger charge is 2.24. The summed E-state index contributed by atoms with van der Waals surface area (Å²) in [4.78, 5) is 31.9. The zero-order valence-corrected chi connectivity index (χ0v) is 17.8. The number of hydrogen-bond donors (Lipinski definition) is 2. The number of para-hydroxylation sites is 2. The number of carbonyl (C=O) groups excluding carboxylic acids is 1. The fraction of sp³-hybridized carbons (Fsp3) is 0.348. The summed E-state index contributed by atoms with van der Waals surface area (Å²) in [5, 5.41) is 5.88. The third-order valence-electron chi connectivity index (χ3n) is 5.90. The Morgan fingerprint density at radius 3 is 2.62 bits per heavy atom. The van der Waals surface area contributed by atoms with E-state index in [1.165, 1.54) is 0 Å². The second-order valence-electron chi connectivity index (χ2n) is 8.01. The van der Waals surface area contributed by atoms with Crippen LogP contribution in [0, 0.1) is 0 Å². The van der Waals surface area contributed by atoms with E-state index in [1.807, 2.05) is 29.2 Å². The Balaban J connectivity index is 1.20. The van der Waals surface area contributed by atoms with Crippen LogP contribution < -0.4 is 30.6 Å². The Morgan fingerprint density at radius 1 is 1.06 bits per heavy atom.